The fourth-order valence-electron chi connectivity index (χ4n) is 3.82. The van der Waals surface area contributed by atoms with Gasteiger partial charge in [-0.15, -0.1) is 11.3 Å². The lowest BCUT2D eigenvalue weighted by Crippen LogP contribution is -2.37. The number of thiophene rings is 1. The third-order valence-electron chi connectivity index (χ3n) is 5.23. The summed E-state index contributed by atoms with van der Waals surface area (Å²) in [5, 5.41) is 7.11. The molecule has 1 fully saturated rings. The molecule has 2 aromatic heterocycles. The topological polar surface area (TPSA) is 76.0 Å². The summed E-state index contributed by atoms with van der Waals surface area (Å²) in [7, 11) is 0. The summed E-state index contributed by atoms with van der Waals surface area (Å²) in [5.74, 6) is -0.00644. The highest BCUT2D eigenvalue weighted by Crippen LogP contribution is 2.33. The number of rotatable bonds is 5. The molecule has 2 aliphatic rings. The van der Waals surface area contributed by atoms with Gasteiger partial charge in [0.25, 0.3) is 5.56 Å². The van der Waals surface area contributed by atoms with E-state index in [2.05, 4.69) is 15.6 Å². The molecule has 25 heavy (non-hydrogen) atoms. The lowest BCUT2D eigenvalue weighted by atomic mass is 9.97. The van der Waals surface area contributed by atoms with Gasteiger partial charge in [-0.2, -0.15) is 0 Å². The number of carbonyl (C=O) groups is 1. The van der Waals surface area contributed by atoms with E-state index < -0.39 is 0 Å². The van der Waals surface area contributed by atoms with Crippen LogP contribution in [0.15, 0.2) is 11.1 Å². The molecule has 2 aromatic rings. The van der Waals surface area contributed by atoms with Crippen LogP contribution in [-0.2, 0) is 24.2 Å². The zero-order valence-corrected chi connectivity index (χ0v) is 15.2. The lowest BCUT2D eigenvalue weighted by Gasteiger charge is -2.12. The molecule has 1 atom stereocenters. The maximum Gasteiger partial charge on any atom is 0.262 e. The summed E-state index contributed by atoms with van der Waals surface area (Å²) in [6, 6.07) is 0.391. The smallest absolute Gasteiger partial charge is 0.262 e. The zero-order chi connectivity index (χ0) is 17.2. The second-order valence-corrected chi connectivity index (χ2v) is 8.07. The van der Waals surface area contributed by atoms with Gasteiger partial charge < -0.3 is 10.6 Å². The summed E-state index contributed by atoms with van der Waals surface area (Å²) in [6.45, 7) is 2.09. The van der Waals surface area contributed by atoms with Crippen LogP contribution in [0, 0.1) is 0 Å². The Hall–Kier alpha value is -1.73. The van der Waals surface area contributed by atoms with Crippen LogP contribution in [0.3, 0.4) is 0 Å². The molecule has 7 heteroatoms. The molecule has 0 aromatic carbocycles. The van der Waals surface area contributed by atoms with Crippen LogP contribution in [0.1, 0.15) is 42.5 Å². The minimum absolute atomic E-state index is 0.00644. The van der Waals surface area contributed by atoms with Crippen LogP contribution >= 0.6 is 11.3 Å². The first-order valence-corrected chi connectivity index (χ1v) is 10.0. The van der Waals surface area contributed by atoms with Crippen molar-refractivity contribution in [3.63, 3.8) is 0 Å². The van der Waals surface area contributed by atoms with Crippen molar-refractivity contribution in [3.8, 4) is 0 Å². The average molecular weight is 360 g/mol. The summed E-state index contributed by atoms with van der Waals surface area (Å²) in [5.41, 5.74) is 1.21. The van der Waals surface area contributed by atoms with E-state index in [-0.39, 0.29) is 11.5 Å². The van der Waals surface area contributed by atoms with Gasteiger partial charge in [0.05, 0.1) is 11.7 Å². The molecule has 3 heterocycles. The van der Waals surface area contributed by atoms with Gasteiger partial charge in [0.15, 0.2) is 0 Å². The Bertz CT molecular complexity index is 835. The molecular formula is C18H24N4O2S. The molecule has 4 rings (SSSR count). The zero-order valence-electron chi connectivity index (χ0n) is 14.3. The van der Waals surface area contributed by atoms with Gasteiger partial charge in [-0.25, -0.2) is 4.98 Å². The van der Waals surface area contributed by atoms with E-state index in [4.69, 9.17) is 0 Å². The number of hydrogen-bond donors (Lipinski definition) is 2. The largest absolute Gasteiger partial charge is 0.354 e. The number of fused-ring (bicyclic) bond motifs is 3. The minimum Gasteiger partial charge on any atom is -0.354 e. The Kier molecular flexibility index (Phi) is 4.85. The van der Waals surface area contributed by atoms with Crippen molar-refractivity contribution in [2.75, 3.05) is 13.1 Å². The Morgan fingerprint density at radius 3 is 3.08 bits per heavy atom. The monoisotopic (exact) mass is 360 g/mol. The minimum atomic E-state index is -0.00644. The maximum atomic E-state index is 12.8. The fourth-order valence-corrected chi connectivity index (χ4v) is 5.04. The molecule has 0 radical (unpaired) electrons. The van der Waals surface area contributed by atoms with Crippen molar-refractivity contribution in [3.05, 3.63) is 27.1 Å². The first-order chi connectivity index (χ1) is 12.2. The number of aromatic nitrogens is 2. The van der Waals surface area contributed by atoms with E-state index in [0.29, 0.717) is 25.6 Å². The van der Waals surface area contributed by atoms with Crippen LogP contribution in [0.5, 0.6) is 0 Å². The molecule has 1 saturated heterocycles. The number of amides is 1. The van der Waals surface area contributed by atoms with E-state index >= 15 is 0 Å². The number of aryl methyl sites for hydroxylation is 3. The normalized spacial score (nSPS) is 19.9. The van der Waals surface area contributed by atoms with Crippen molar-refractivity contribution < 1.29 is 4.79 Å². The van der Waals surface area contributed by atoms with Crippen molar-refractivity contribution in [1.82, 2.24) is 20.2 Å². The molecular weight excluding hydrogens is 336 g/mol. The predicted octanol–water partition coefficient (Wildman–Crippen LogP) is 1.60. The number of nitrogens with one attached hydrogen (secondary N) is 2. The van der Waals surface area contributed by atoms with Crippen LogP contribution in [0.2, 0.25) is 0 Å². The molecule has 1 aliphatic heterocycles. The third kappa shape index (κ3) is 3.48. The molecule has 1 amide bonds. The number of hydrogen-bond acceptors (Lipinski definition) is 5. The quantitative estimate of drug-likeness (QED) is 0.849. The first-order valence-electron chi connectivity index (χ1n) is 9.22. The summed E-state index contributed by atoms with van der Waals surface area (Å²) in [6.07, 6.45) is 8.58. The molecule has 1 aliphatic carbocycles. The summed E-state index contributed by atoms with van der Waals surface area (Å²) < 4.78 is 1.59. The molecule has 0 spiro atoms. The highest BCUT2D eigenvalue weighted by molar-refractivity contribution is 7.18. The Labute approximate surface area is 150 Å². The SMILES string of the molecule is O=C(CCn1cnc2sc3c(c2c1=O)CCCC3)NCC1CCCN1. The van der Waals surface area contributed by atoms with Gasteiger partial charge in [-0.1, -0.05) is 0 Å². The van der Waals surface area contributed by atoms with Gasteiger partial charge in [0.2, 0.25) is 5.91 Å². The summed E-state index contributed by atoms with van der Waals surface area (Å²) >= 11 is 1.66. The standard InChI is InChI=1S/C18H24N4O2S/c23-15(20-10-12-4-3-8-19-12)7-9-22-11-21-17-16(18(22)24)13-5-1-2-6-14(13)25-17/h11-12,19H,1-10H2,(H,20,23). The van der Waals surface area contributed by atoms with Gasteiger partial charge in [-0.05, 0) is 50.6 Å². The Morgan fingerprint density at radius 2 is 2.24 bits per heavy atom. The molecule has 2 N–H and O–H groups in total. The maximum absolute atomic E-state index is 12.8. The van der Waals surface area contributed by atoms with Crippen molar-refractivity contribution in [2.24, 2.45) is 0 Å². The third-order valence-corrected chi connectivity index (χ3v) is 6.43. The summed E-state index contributed by atoms with van der Waals surface area (Å²) in [4.78, 5) is 31.5. The van der Waals surface area contributed by atoms with E-state index in [1.807, 2.05) is 0 Å². The van der Waals surface area contributed by atoms with Crippen molar-refractivity contribution in [2.45, 2.75) is 57.5 Å². The molecule has 134 valence electrons. The molecule has 6 nitrogen and oxygen atoms in total. The highest BCUT2D eigenvalue weighted by atomic mass is 32.1. The van der Waals surface area contributed by atoms with Crippen molar-refractivity contribution in [1.29, 1.82) is 0 Å². The molecule has 0 saturated carbocycles. The highest BCUT2D eigenvalue weighted by Gasteiger charge is 2.20. The van der Waals surface area contributed by atoms with Crippen LogP contribution in [0.4, 0.5) is 0 Å². The second-order valence-electron chi connectivity index (χ2n) is 6.98. The average Bonchev–Trinajstić information content (AvgIpc) is 3.26. The van der Waals surface area contributed by atoms with Crippen molar-refractivity contribution >= 4 is 27.5 Å². The second kappa shape index (κ2) is 7.25. The van der Waals surface area contributed by atoms with Gasteiger partial charge in [0, 0.05) is 30.4 Å². The van der Waals surface area contributed by atoms with E-state index in [1.54, 1.807) is 22.2 Å². The number of nitrogens with zero attached hydrogens (tertiary/aromatic N) is 2. The fraction of sp³-hybridized carbons (Fsp3) is 0.611. The predicted molar refractivity (Wildman–Crippen MR) is 99.2 cm³/mol. The van der Waals surface area contributed by atoms with E-state index in [0.717, 1.165) is 42.4 Å². The molecule has 1 unspecified atom stereocenters. The van der Waals surface area contributed by atoms with Crippen LogP contribution in [-0.4, -0.2) is 34.6 Å². The van der Waals surface area contributed by atoms with Gasteiger partial charge in [0.1, 0.15) is 4.83 Å². The Balaban J connectivity index is 1.43. The first kappa shape index (κ1) is 16.7. The lowest BCUT2D eigenvalue weighted by molar-refractivity contribution is -0.121. The van der Waals surface area contributed by atoms with E-state index in [9.17, 15) is 9.59 Å². The molecule has 0 bridgehead atoms. The van der Waals surface area contributed by atoms with Gasteiger partial charge >= 0.3 is 0 Å². The number of carbonyl (C=O) groups excluding carboxylic acids is 1. The van der Waals surface area contributed by atoms with Gasteiger partial charge in [-0.3, -0.25) is 14.2 Å². The van der Waals surface area contributed by atoms with E-state index in [1.165, 1.54) is 23.3 Å². The Morgan fingerprint density at radius 1 is 1.36 bits per heavy atom. The van der Waals surface area contributed by atoms with Crippen LogP contribution in [0.25, 0.3) is 10.2 Å². The van der Waals surface area contributed by atoms with Crippen LogP contribution < -0.4 is 16.2 Å².